The fourth-order valence-electron chi connectivity index (χ4n) is 5.16. The molecule has 35 heavy (non-hydrogen) atoms. The maximum absolute atomic E-state index is 14.0. The molecular weight excluding hydrogens is 432 g/mol. The van der Waals surface area contributed by atoms with E-state index in [9.17, 15) is 9.59 Å². The quantitative estimate of drug-likeness (QED) is 0.392. The molecule has 1 aliphatic rings. The zero-order valence-electron chi connectivity index (χ0n) is 20.6. The van der Waals surface area contributed by atoms with E-state index in [1.165, 1.54) is 0 Å². The standard InChI is InChI=1S/C31H36N2O2/c1-2-29(31(35)32-27-20-12-13-21-27)33(23-24-14-6-3-7-15-24)30(34)22-28(25-16-8-4-9-17-25)26-18-10-5-11-19-26/h3-11,14-19,27-29H,2,12-13,20-23H2,1H3,(H,32,35)/t29-/m1/s1. The molecule has 1 N–H and O–H groups in total. The number of carbonyl (C=O) groups is 2. The summed E-state index contributed by atoms with van der Waals surface area (Å²) in [5.74, 6) is -0.0989. The highest BCUT2D eigenvalue weighted by Crippen LogP contribution is 2.30. The highest BCUT2D eigenvalue weighted by Gasteiger charge is 2.32. The Balaban J connectivity index is 1.61. The average molecular weight is 469 g/mol. The van der Waals surface area contributed by atoms with Gasteiger partial charge in [0.1, 0.15) is 6.04 Å². The molecule has 0 aliphatic heterocycles. The fourth-order valence-corrected chi connectivity index (χ4v) is 5.16. The lowest BCUT2D eigenvalue weighted by Gasteiger charge is -2.33. The molecule has 182 valence electrons. The molecule has 0 unspecified atom stereocenters. The van der Waals surface area contributed by atoms with E-state index in [1.807, 2.05) is 73.7 Å². The van der Waals surface area contributed by atoms with Crippen LogP contribution in [0.2, 0.25) is 0 Å². The van der Waals surface area contributed by atoms with Crippen molar-refractivity contribution in [3.63, 3.8) is 0 Å². The van der Waals surface area contributed by atoms with Crippen LogP contribution in [0.5, 0.6) is 0 Å². The molecule has 4 nitrogen and oxygen atoms in total. The Bertz CT molecular complexity index is 1020. The van der Waals surface area contributed by atoms with Crippen LogP contribution in [0, 0.1) is 0 Å². The van der Waals surface area contributed by atoms with Crippen LogP contribution in [0.1, 0.15) is 68.1 Å². The molecule has 3 aromatic rings. The highest BCUT2D eigenvalue weighted by molar-refractivity contribution is 5.88. The lowest BCUT2D eigenvalue weighted by Crippen LogP contribution is -2.51. The predicted molar refractivity (Wildman–Crippen MR) is 141 cm³/mol. The molecule has 0 spiro atoms. The summed E-state index contributed by atoms with van der Waals surface area (Å²) in [5, 5.41) is 3.23. The van der Waals surface area contributed by atoms with Crippen molar-refractivity contribution in [2.24, 2.45) is 0 Å². The SMILES string of the molecule is CC[C@H](C(=O)NC1CCCC1)N(Cc1ccccc1)C(=O)CC(c1ccccc1)c1ccccc1. The van der Waals surface area contributed by atoms with Gasteiger partial charge in [-0.05, 0) is 36.0 Å². The lowest BCUT2D eigenvalue weighted by atomic mass is 9.88. The van der Waals surface area contributed by atoms with Crippen LogP contribution in [0.3, 0.4) is 0 Å². The van der Waals surface area contributed by atoms with Gasteiger partial charge in [0.2, 0.25) is 11.8 Å². The second-order valence-corrected chi connectivity index (χ2v) is 9.50. The van der Waals surface area contributed by atoms with Crippen LogP contribution in [-0.4, -0.2) is 28.8 Å². The Kier molecular flexibility index (Phi) is 8.72. The van der Waals surface area contributed by atoms with Crippen molar-refractivity contribution in [2.75, 3.05) is 0 Å². The maximum atomic E-state index is 14.0. The summed E-state index contributed by atoms with van der Waals surface area (Å²) in [7, 11) is 0. The van der Waals surface area contributed by atoms with E-state index >= 15 is 0 Å². The first kappa shape index (κ1) is 24.7. The zero-order chi connectivity index (χ0) is 24.5. The lowest BCUT2D eigenvalue weighted by molar-refractivity contribution is -0.141. The zero-order valence-corrected chi connectivity index (χ0v) is 20.6. The van der Waals surface area contributed by atoms with Gasteiger partial charge >= 0.3 is 0 Å². The minimum Gasteiger partial charge on any atom is -0.352 e. The van der Waals surface area contributed by atoms with Gasteiger partial charge in [-0.25, -0.2) is 0 Å². The summed E-state index contributed by atoms with van der Waals surface area (Å²) in [5.41, 5.74) is 3.24. The number of hydrogen-bond donors (Lipinski definition) is 1. The second kappa shape index (κ2) is 12.3. The maximum Gasteiger partial charge on any atom is 0.243 e. The third-order valence-corrected chi connectivity index (χ3v) is 7.07. The van der Waals surface area contributed by atoms with E-state index in [-0.39, 0.29) is 23.8 Å². The minimum absolute atomic E-state index is 0.0000175. The van der Waals surface area contributed by atoms with Gasteiger partial charge in [0, 0.05) is 24.9 Å². The average Bonchev–Trinajstić information content (AvgIpc) is 3.41. The molecule has 0 aromatic heterocycles. The summed E-state index contributed by atoms with van der Waals surface area (Å²) in [4.78, 5) is 29.2. The van der Waals surface area contributed by atoms with Gasteiger partial charge in [0.05, 0.1) is 0 Å². The summed E-state index contributed by atoms with van der Waals surface area (Å²) < 4.78 is 0. The molecule has 1 aliphatic carbocycles. The Hall–Kier alpha value is -3.40. The summed E-state index contributed by atoms with van der Waals surface area (Å²) in [6, 6.07) is 30.1. The third-order valence-electron chi connectivity index (χ3n) is 7.07. The summed E-state index contributed by atoms with van der Waals surface area (Å²) >= 11 is 0. The van der Waals surface area contributed by atoms with Crippen molar-refractivity contribution in [1.29, 1.82) is 0 Å². The van der Waals surface area contributed by atoms with Gasteiger partial charge in [0.25, 0.3) is 0 Å². The van der Waals surface area contributed by atoms with Gasteiger partial charge < -0.3 is 10.2 Å². The Morgan fingerprint density at radius 2 is 1.34 bits per heavy atom. The van der Waals surface area contributed by atoms with Gasteiger partial charge in [-0.2, -0.15) is 0 Å². The summed E-state index contributed by atoms with van der Waals surface area (Å²) in [6.07, 6.45) is 5.26. The number of nitrogens with one attached hydrogen (secondary N) is 1. The van der Waals surface area contributed by atoms with Crippen molar-refractivity contribution >= 4 is 11.8 Å². The van der Waals surface area contributed by atoms with Crippen molar-refractivity contribution in [3.8, 4) is 0 Å². The van der Waals surface area contributed by atoms with Crippen LogP contribution >= 0.6 is 0 Å². The van der Waals surface area contributed by atoms with E-state index < -0.39 is 6.04 Å². The van der Waals surface area contributed by atoms with Crippen molar-refractivity contribution in [3.05, 3.63) is 108 Å². The Labute approximate surface area is 209 Å². The van der Waals surface area contributed by atoms with Crippen molar-refractivity contribution < 1.29 is 9.59 Å². The van der Waals surface area contributed by atoms with Crippen LogP contribution in [0.15, 0.2) is 91.0 Å². The number of carbonyl (C=O) groups excluding carboxylic acids is 2. The molecule has 0 radical (unpaired) electrons. The van der Waals surface area contributed by atoms with Crippen molar-refractivity contribution in [1.82, 2.24) is 10.2 Å². The number of benzene rings is 3. The van der Waals surface area contributed by atoms with Crippen LogP contribution in [-0.2, 0) is 16.1 Å². The first-order valence-corrected chi connectivity index (χ1v) is 12.9. The molecule has 1 atom stereocenters. The smallest absolute Gasteiger partial charge is 0.243 e. The molecule has 1 fully saturated rings. The molecule has 3 aromatic carbocycles. The van der Waals surface area contributed by atoms with E-state index in [4.69, 9.17) is 0 Å². The van der Waals surface area contributed by atoms with E-state index in [0.29, 0.717) is 19.4 Å². The number of hydrogen-bond acceptors (Lipinski definition) is 2. The Morgan fingerprint density at radius 1 is 0.829 bits per heavy atom. The minimum atomic E-state index is -0.490. The first-order chi connectivity index (χ1) is 17.2. The van der Waals surface area contributed by atoms with E-state index in [2.05, 4.69) is 29.6 Å². The normalized spacial score (nSPS) is 14.6. The van der Waals surface area contributed by atoms with Gasteiger partial charge in [0.15, 0.2) is 0 Å². The van der Waals surface area contributed by atoms with Crippen LogP contribution < -0.4 is 5.32 Å². The number of rotatable bonds is 10. The van der Waals surface area contributed by atoms with Gasteiger partial charge in [-0.15, -0.1) is 0 Å². The fraction of sp³-hybridized carbons (Fsp3) is 0.355. The monoisotopic (exact) mass is 468 g/mol. The molecule has 0 saturated heterocycles. The molecule has 2 amide bonds. The topological polar surface area (TPSA) is 49.4 Å². The second-order valence-electron chi connectivity index (χ2n) is 9.50. The Morgan fingerprint density at radius 3 is 1.86 bits per heavy atom. The molecule has 0 bridgehead atoms. The first-order valence-electron chi connectivity index (χ1n) is 12.9. The number of nitrogens with zero attached hydrogens (tertiary/aromatic N) is 1. The molecule has 0 heterocycles. The van der Waals surface area contributed by atoms with E-state index in [1.54, 1.807) is 4.90 Å². The molecule has 1 saturated carbocycles. The molecular formula is C31H36N2O2. The third kappa shape index (κ3) is 6.60. The predicted octanol–water partition coefficient (Wildman–Crippen LogP) is 6.07. The molecule has 4 rings (SSSR count). The van der Waals surface area contributed by atoms with Gasteiger partial charge in [-0.1, -0.05) is 111 Å². The van der Waals surface area contributed by atoms with Gasteiger partial charge in [-0.3, -0.25) is 9.59 Å². The summed E-state index contributed by atoms with van der Waals surface area (Å²) in [6.45, 7) is 2.42. The van der Waals surface area contributed by atoms with Crippen LogP contribution in [0.4, 0.5) is 0 Å². The molecule has 4 heteroatoms. The van der Waals surface area contributed by atoms with Crippen molar-refractivity contribution in [2.45, 2.75) is 70.0 Å². The van der Waals surface area contributed by atoms with E-state index in [0.717, 1.165) is 42.4 Å². The number of amides is 2. The highest BCUT2D eigenvalue weighted by atomic mass is 16.2. The largest absolute Gasteiger partial charge is 0.352 e. The van der Waals surface area contributed by atoms with Crippen LogP contribution in [0.25, 0.3) is 0 Å².